The lowest BCUT2D eigenvalue weighted by atomic mass is 9.66. The van der Waals surface area contributed by atoms with E-state index >= 15 is 4.79 Å². The Morgan fingerprint density at radius 2 is 1.61 bits per heavy atom. The molecule has 0 fully saturated rings. The SMILES string of the molecule is CC(C)(C)CCC1(NCc2ccccc2OCc2ccccc2)C(=O)C(C2=NS(=O)(=O)c3cc(NS(C)(=O)=O)ccc3N2)C(=O)c2ccccc21. The van der Waals surface area contributed by atoms with Gasteiger partial charge in [-0.3, -0.25) is 19.6 Å². The molecule has 3 N–H and O–H groups in total. The van der Waals surface area contributed by atoms with Crippen molar-refractivity contribution in [2.45, 2.75) is 57.2 Å². The van der Waals surface area contributed by atoms with Crippen LogP contribution in [-0.2, 0) is 43.5 Å². The molecule has 1 aliphatic heterocycles. The van der Waals surface area contributed by atoms with E-state index in [0.717, 1.165) is 23.4 Å². The number of amidine groups is 1. The Morgan fingerprint density at radius 1 is 0.922 bits per heavy atom. The fourth-order valence-corrected chi connectivity index (χ4v) is 8.15. The summed E-state index contributed by atoms with van der Waals surface area (Å²) in [6, 6.07) is 28.1. The number of benzene rings is 4. The van der Waals surface area contributed by atoms with Gasteiger partial charge in [0.15, 0.2) is 11.6 Å². The normalized spacial score (nSPS) is 19.7. The lowest BCUT2D eigenvalue weighted by Gasteiger charge is -2.43. The average molecular weight is 729 g/mol. The van der Waals surface area contributed by atoms with E-state index in [2.05, 4.69) is 40.5 Å². The van der Waals surface area contributed by atoms with E-state index in [0.29, 0.717) is 30.8 Å². The molecule has 0 bridgehead atoms. The highest BCUT2D eigenvalue weighted by molar-refractivity contribution is 7.92. The lowest BCUT2D eigenvalue weighted by molar-refractivity contribution is -0.128. The molecule has 2 aliphatic rings. The molecule has 266 valence electrons. The molecule has 6 rings (SSSR count). The quantitative estimate of drug-likeness (QED) is 0.157. The maximum atomic E-state index is 15.1. The Labute approximate surface area is 298 Å². The van der Waals surface area contributed by atoms with Gasteiger partial charge in [-0.15, -0.1) is 4.40 Å². The summed E-state index contributed by atoms with van der Waals surface area (Å²) in [5.41, 5.74) is 1.08. The van der Waals surface area contributed by atoms with Crippen molar-refractivity contribution in [1.29, 1.82) is 0 Å². The highest BCUT2D eigenvalue weighted by Gasteiger charge is 2.54. The van der Waals surface area contributed by atoms with E-state index in [1.165, 1.54) is 12.1 Å². The van der Waals surface area contributed by atoms with E-state index in [4.69, 9.17) is 4.74 Å². The molecule has 4 aromatic carbocycles. The first-order valence-electron chi connectivity index (χ1n) is 16.5. The number of hydrogen-bond donors (Lipinski definition) is 3. The van der Waals surface area contributed by atoms with Crippen LogP contribution < -0.4 is 20.1 Å². The smallest absolute Gasteiger partial charge is 0.286 e. The van der Waals surface area contributed by atoms with Gasteiger partial charge in [-0.1, -0.05) is 93.6 Å². The molecule has 0 radical (unpaired) electrons. The summed E-state index contributed by atoms with van der Waals surface area (Å²) in [4.78, 5) is 29.0. The first kappa shape index (κ1) is 36.0. The molecule has 0 spiro atoms. The summed E-state index contributed by atoms with van der Waals surface area (Å²) in [7, 11) is -8.15. The van der Waals surface area contributed by atoms with Crippen molar-refractivity contribution >= 4 is 48.8 Å². The van der Waals surface area contributed by atoms with Gasteiger partial charge in [-0.25, -0.2) is 8.42 Å². The number of nitrogens with zero attached hydrogens (tertiary/aromatic N) is 1. The minimum atomic E-state index is -4.46. The molecule has 13 heteroatoms. The van der Waals surface area contributed by atoms with Gasteiger partial charge >= 0.3 is 0 Å². The van der Waals surface area contributed by atoms with Crippen molar-refractivity contribution < 1.29 is 31.2 Å². The van der Waals surface area contributed by atoms with Gasteiger partial charge in [0.05, 0.1) is 11.9 Å². The van der Waals surface area contributed by atoms with E-state index < -0.39 is 43.1 Å². The van der Waals surface area contributed by atoms with E-state index in [1.54, 1.807) is 24.3 Å². The fourth-order valence-electron chi connectivity index (χ4n) is 6.42. The molecule has 1 aliphatic carbocycles. The zero-order valence-electron chi connectivity index (χ0n) is 28.8. The monoisotopic (exact) mass is 728 g/mol. The Balaban J connectivity index is 1.40. The number of ketones is 2. The third-order valence-corrected chi connectivity index (χ3v) is 10.9. The summed E-state index contributed by atoms with van der Waals surface area (Å²) in [6.07, 6.45) is 1.84. The standard InChI is InChI=1S/C38H40N4O7S2/c1-37(2,3)20-21-38(39-23-26-14-8-11-17-31(26)49-24-25-12-6-5-7-13-25)29-16-10-9-15-28(29)34(43)33(35(38)44)36-40-30-19-18-27(41-50(4,45)46)22-32(30)51(47,48)42-36/h5-19,22,33,39,41H,20-21,23-24H2,1-4H3,(H,40,42). The second kappa shape index (κ2) is 13.7. The topological polar surface area (TPSA) is 160 Å². The molecule has 2 atom stereocenters. The zero-order valence-corrected chi connectivity index (χ0v) is 30.4. The third kappa shape index (κ3) is 7.75. The van der Waals surface area contributed by atoms with E-state index in [1.807, 2.05) is 54.6 Å². The highest BCUT2D eigenvalue weighted by Crippen LogP contribution is 2.43. The summed E-state index contributed by atoms with van der Waals surface area (Å²) in [5.74, 6) is -2.36. The highest BCUT2D eigenvalue weighted by atomic mass is 32.2. The third-order valence-electron chi connectivity index (χ3n) is 8.96. The van der Waals surface area contributed by atoms with Gasteiger partial charge in [0, 0.05) is 23.4 Å². The average Bonchev–Trinajstić information content (AvgIpc) is 3.07. The van der Waals surface area contributed by atoms with Gasteiger partial charge in [-0.05, 0) is 53.6 Å². The first-order chi connectivity index (χ1) is 24.1. The molecule has 0 aromatic heterocycles. The minimum absolute atomic E-state index is 0.0254. The van der Waals surface area contributed by atoms with E-state index in [-0.39, 0.29) is 39.6 Å². The Kier molecular flexibility index (Phi) is 9.66. The number of nitrogens with one attached hydrogen (secondary N) is 3. The van der Waals surface area contributed by atoms with Crippen LogP contribution in [0.15, 0.2) is 106 Å². The maximum Gasteiger partial charge on any atom is 0.286 e. The van der Waals surface area contributed by atoms with Gasteiger partial charge in [0.25, 0.3) is 10.0 Å². The molecule has 2 unspecified atom stereocenters. The number of carbonyl (C=O) groups is 2. The number of Topliss-reactive ketones (excluding diaryl/α,β-unsaturated/α-hetero) is 2. The molecule has 4 aromatic rings. The van der Waals surface area contributed by atoms with Crippen molar-refractivity contribution in [1.82, 2.24) is 5.32 Å². The molecule has 0 saturated carbocycles. The van der Waals surface area contributed by atoms with Gasteiger partial charge in [-0.2, -0.15) is 8.42 Å². The summed E-state index contributed by atoms with van der Waals surface area (Å²) >= 11 is 0. The predicted octanol–water partition coefficient (Wildman–Crippen LogP) is 6.04. The summed E-state index contributed by atoms with van der Waals surface area (Å²) in [6.45, 7) is 6.75. The van der Waals surface area contributed by atoms with Crippen molar-refractivity contribution in [3.05, 3.63) is 119 Å². The van der Waals surface area contributed by atoms with Crippen LogP contribution in [0, 0.1) is 11.3 Å². The fraction of sp³-hybridized carbons (Fsp3) is 0.289. The molecule has 51 heavy (non-hydrogen) atoms. The van der Waals surface area contributed by atoms with Crippen LogP contribution in [0.3, 0.4) is 0 Å². The van der Waals surface area contributed by atoms with Crippen LogP contribution in [0.25, 0.3) is 0 Å². The van der Waals surface area contributed by atoms with Crippen LogP contribution in [0.5, 0.6) is 5.75 Å². The van der Waals surface area contributed by atoms with Crippen LogP contribution in [-0.4, -0.2) is 40.5 Å². The predicted molar refractivity (Wildman–Crippen MR) is 197 cm³/mol. The number of rotatable bonds is 11. The molecule has 0 saturated heterocycles. The van der Waals surface area contributed by atoms with Crippen molar-refractivity contribution in [3.8, 4) is 5.75 Å². The Hall–Kier alpha value is -4.85. The molecule has 0 amide bonds. The second-order valence-electron chi connectivity index (χ2n) is 14.1. The van der Waals surface area contributed by atoms with Gasteiger partial charge in [0.1, 0.15) is 34.5 Å². The van der Waals surface area contributed by atoms with Crippen molar-refractivity contribution in [2.24, 2.45) is 15.7 Å². The van der Waals surface area contributed by atoms with Crippen LogP contribution in [0.4, 0.5) is 11.4 Å². The second-order valence-corrected chi connectivity index (χ2v) is 17.4. The molecular formula is C38H40N4O7S2. The Bertz CT molecular complexity index is 2250. The molecule has 11 nitrogen and oxygen atoms in total. The summed E-state index contributed by atoms with van der Waals surface area (Å²) < 4.78 is 63.2. The molecular weight excluding hydrogens is 689 g/mol. The number of anilines is 2. The number of carbonyl (C=O) groups excluding carboxylic acids is 2. The van der Waals surface area contributed by atoms with Crippen LogP contribution >= 0.6 is 0 Å². The number of ether oxygens (including phenoxy) is 1. The Morgan fingerprint density at radius 3 is 2.33 bits per heavy atom. The molecule has 1 heterocycles. The maximum absolute atomic E-state index is 15.1. The van der Waals surface area contributed by atoms with Crippen LogP contribution in [0.2, 0.25) is 0 Å². The number of fused-ring (bicyclic) bond motifs is 2. The first-order valence-corrected chi connectivity index (χ1v) is 19.8. The number of para-hydroxylation sites is 1. The lowest BCUT2D eigenvalue weighted by Crippen LogP contribution is -2.59. The van der Waals surface area contributed by atoms with E-state index in [9.17, 15) is 21.6 Å². The minimum Gasteiger partial charge on any atom is -0.489 e. The van der Waals surface area contributed by atoms with Crippen LogP contribution in [0.1, 0.15) is 60.7 Å². The van der Waals surface area contributed by atoms with Gasteiger partial charge in [0.2, 0.25) is 10.0 Å². The number of hydrogen-bond acceptors (Lipinski definition) is 9. The van der Waals surface area contributed by atoms with Crippen molar-refractivity contribution in [3.63, 3.8) is 0 Å². The number of sulfonamides is 2. The van der Waals surface area contributed by atoms with Crippen molar-refractivity contribution in [2.75, 3.05) is 16.3 Å². The zero-order chi connectivity index (χ0) is 36.6. The van der Waals surface area contributed by atoms with Gasteiger partial charge < -0.3 is 10.1 Å². The largest absolute Gasteiger partial charge is 0.489 e. The summed E-state index contributed by atoms with van der Waals surface area (Å²) in [5, 5.41) is 6.48.